The minimum Gasteiger partial charge on any atom is -0.460 e. The molecule has 1 aliphatic heterocycles. The Morgan fingerprint density at radius 2 is 1.38 bits per heavy atom. The molecule has 8 nitrogen and oxygen atoms in total. The average Bonchev–Trinajstić information content (AvgIpc) is 2.87. The number of amides is 2. The van der Waals surface area contributed by atoms with Crippen molar-refractivity contribution in [1.82, 2.24) is 4.90 Å². The normalized spacial score (nSPS) is 13.6. The SMILES string of the molecule is C=C(C)C(=O)OCCOCCOCCOCCN1C(=O)C=CC1=O. The second-order valence-electron chi connectivity index (χ2n) is 4.91. The zero-order valence-electron chi connectivity index (χ0n) is 13.8. The minimum absolute atomic E-state index is 0.178. The van der Waals surface area contributed by atoms with Gasteiger partial charge in [0.15, 0.2) is 0 Å². The maximum atomic E-state index is 11.3. The third kappa shape index (κ3) is 8.00. The number of imide groups is 1. The van der Waals surface area contributed by atoms with Gasteiger partial charge in [-0.25, -0.2) is 4.79 Å². The molecule has 134 valence electrons. The van der Waals surface area contributed by atoms with Gasteiger partial charge < -0.3 is 18.9 Å². The molecule has 0 radical (unpaired) electrons. The Kier molecular flexibility index (Phi) is 9.59. The van der Waals surface area contributed by atoms with E-state index in [0.29, 0.717) is 38.6 Å². The zero-order valence-corrected chi connectivity index (χ0v) is 13.8. The van der Waals surface area contributed by atoms with E-state index in [-0.39, 0.29) is 31.6 Å². The van der Waals surface area contributed by atoms with E-state index in [1.165, 1.54) is 12.2 Å². The second kappa shape index (κ2) is 11.5. The largest absolute Gasteiger partial charge is 0.460 e. The van der Waals surface area contributed by atoms with Crippen LogP contribution in [0.3, 0.4) is 0 Å². The first-order valence-electron chi connectivity index (χ1n) is 7.61. The molecule has 0 aromatic carbocycles. The number of nitrogens with zero attached hydrogens (tertiary/aromatic N) is 1. The predicted molar refractivity (Wildman–Crippen MR) is 84.1 cm³/mol. The minimum atomic E-state index is -0.430. The van der Waals surface area contributed by atoms with Crippen molar-refractivity contribution in [3.05, 3.63) is 24.3 Å². The van der Waals surface area contributed by atoms with Crippen molar-refractivity contribution in [3.63, 3.8) is 0 Å². The third-order valence-electron chi connectivity index (χ3n) is 2.91. The van der Waals surface area contributed by atoms with E-state index in [1.807, 2.05) is 0 Å². The van der Waals surface area contributed by atoms with Crippen LogP contribution in [0, 0.1) is 0 Å². The fourth-order valence-corrected chi connectivity index (χ4v) is 1.67. The molecule has 0 atom stereocenters. The predicted octanol–water partition coefficient (Wildman–Crippen LogP) is 0.0805. The Morgan fingerprint density at radius 3 is 1.88 bits per heavy atom. The van der Waals surface area contributed by atoms with Crippen LogP contribution in [0.15, 0.2) is 24.3 Å². The lowest BCUT2D eigenvalue weighted by Crippen LogP contribution is -2.33. The molecule has 0 saturated carbocycles. The highest BCUT2D eigenvalue weighted by Gasteiger charge is 2.22. The van der Waals surface area contributed by atoms with Gasteiger partial charge in [0.2, 0.25) is 0 Å². The van der Waals surface area contributed by atoms with Crippen molar-refractivity contribution in [2.24, 2.45) is 0 Å². The van der Waals surface area contributed by atoms with Crippen molar-refractivity contribution < 1.29 is 33.3 Å². The number of esters is 1. The first kappa shape index (κ1) is 20.0. The van der Waals surface area contributed by atoms with Crippen LogP contribution >= 0.6 is 0 Å². The lowest BCUT2D eigenvalue weighted by atomic mass is 10.4. The van der Waals surface area contributed by atoms with Gasteiger partial charge in [-0.15, -0.1) is 0 Å². The van der Waals surface area contributed by atoms with Crippen LogP contribution in [0.25, 0.3) is 0 Å². The average molecular weight is 341 g/mol. The van der Waals surface area contributed by atoms with Gasteiger partial charge in [-0.05, 0) is 6.92 Å². The quantitative estimate of drug-likeness (QED) is 0.203. The number of carbonyl (C=O) groups excluding carboxylic acids is 3. The molecule has 0 fully saturated rings. The Hall–Kier alpha value is -2.03. The summed E-state index contributed by atoms with van der Waals surface area (Å²) in [5, 5.41) is 0. The molecule has 0 bridgehead atoms. The van der Waals surface area contributed by atoms with Crippen molar-refractivity contribution >= 4 is 17.8 Å². The molecule has 0 aromatic rings. The molecule has 8 heteroatoms. The summed E-state index contributed by atoms with van der Waals surface area (Å²) in [5.41, 5.74) is 0.355. The molecular weight excluding hydrogens is 318 g/mol. The second-order valence-corrected chi connectivity index (χ2v) is 4.91. The van der Waals surface area contributed by atoms with Gasteiger partial charge >= 0.3 is 5.97 Å². The van der Waals surface area contributed by atoms with E-state index in [2.05, 4.69) is 6.58 Å². The number of carbonyl (C=O) groups is 3. The fourth-order valence-electron chi connectivity index (χ4n) is 1.67. The van der Waals surface area contributed by atoms with Crippen LogP contribution in [0.1, 0.15) is 6.92 Å². The van der Waals surface area contributed by atoms with Gasteiger partial charge in [-0.1, -0.05) is 6.58 Å². The van der Waals surface area contributed by atoms with Gasteiger partial charge in [-0.3, -0.25) is 14.5 Å². The summed E-state index contributed by atoms with van der Waals surface area (Å²) in [6.45, 7) is 7.55. The smallest absolute Gasteiger partial charge is 0.333 e. The number of ether oxygens (including phenoxy) is 4. The number of hydrogen-bond donors (Lipinski definition) is 0. The summed E-state index contributed by atoms with van der Waals surface area (Å²) in [4.78, 5) is 34.7. The summed E-state index contributed by atoms with van der Waals surface area (Å²) in [6.07, 6.45) is 2.48. The van der Waals surface area contributed by atoms with Crippen LogP contribution in [0.4, 0.5) is 0 Å². The number of hydrogen-bond acceptors (Lipinski definition) is 7. The molecule has 1 heterocycles. The Balaban J connectivity index is 1.83. The highest BCUT2D eigenvalue weighted by atomic mass is 16.6. The number of rotatable bonds is 13. The molecule has 0 N–H and O–H groups in total. The molecule has 1 aliphatic rings. The standard InChI is InChI=1S/C16H23NO7/c1-13(2)16(20)24-12-11-23-10-9-22-8-7-21-6-5-17-14(18)3-4-15(17)19/h3-4H,1,5-12H2,2H3. The maximum absolute atomic E-state index is 11.3. The highest BCUT2D eigenvalue weighted by Crippen LogP contribution is 2.02. The first-order valence-corrected chi connectivity index (χ1v) is 7.61. The Bertz CT molecular complexity index is 469. The van der Waals surface area contributed by atoms with E-state index in [9.17, 15) is 14.4 Å². The summed E-state index contributed by atoms with van der Waals surface area (Å²) in [5.74, 6) is -1.06. The van der Waals surface area contributed by atoms with Crippen LogP contribution in [0.2, 0.25) is 0 Å². The van der Waals surface area contributed by atoms with Crippen molar-refractivity contribution in [2.75, 3.05) is 52.8 Å². The van der Waals surface area contributed by atoms with E-state index in [4.69, 9.17) is 18.9 Å². The molecule has 0 aromatic heterocycles. The van der Waals surface area contributed by atoms with Crippen molar-refractivity contribution in [1.29, 1.82) is 0 Å². The van der Waals surface area contributed by atoms with Crippen molar-refractivity contribution in [2.45, 2.75) is 6.92 Å². The van der Waals surface area contributed by atoms with Crippen LogP contribution in [0.5, 0.6) is 0 Å². The molecule has 24 heavy (non-hydrogen) atoms. The van der Waals surface area contributed by atoms with Crippen molar-refractivity contribution in [3.8, 4) is 0 Å². The molecule has 0 aliphatic carbocycles. The van der Waals surface area contributed by atoms with E-state index in [1.54, 1.807) is 6.92 Å². The van der Waals surface area contributed by atoms with Crippen LogP contribution in [-0.4, -0.2) is 75.5 Å². The zero-order chi connectivity index (χ0) is 17.8. The lowest BCUT2D eigenvalue weighted by molar-refractivity contribution is -0.140. The third-order valence-corrected chi connectivity index (χ3v) is 2.91. The van der Waals surface area contributed by atoms with Gasteiger partial charge in [-0.2, -0.15) is 0 Å². The molecule has 1 rings (SSSR count). The molecule has 0 unspecified atom stereocenters. The maximum Gasteiger partial charge on any atom is 0.333 e. The van der Waals surface area contributed by atoms with Crippen LogP contribution in [-0.2, 0) is 33.3 Å². The van der Waals surface area contributed by atoms with E-state index < -0.39 is 5.97 Å². The molecule has 2 amide bonds. The summed E-state index contributed by atoms with van der Waals surface area (Å²) < 4.78 is 20.6. The van der Waals surface area contributed by atoms with E-state index >= 15 is 0 Å². The topological polar surface area (TPSA) is 91.4 Å². The summed E-state index contributed by atoms with van der Waals surface area (Å²) in [7, 11) is 0. The monoisotopic (exact) mass is 341 g/mol. The first-order chi connectivity index (χ1) is 11.5. The summed E-state index contributed by atoms with van der Waals surface area (Å²) in [6, 6.07) is 0. The lowest BCUT2D eigenvalue weighted by Gasteiger charge is -2.13. The van der Waals surface area contributed by atoms with Gasteiger partial charge in [0.25, 0.3) is 11.8 Å². The van der Waals surface area contributed by atoms with Gasteiger partial charge in [0.1, 0.15) is 6.61 Å². The highest BCUT2D eigenvalue weighted by molar-refractivity contribution is 6.12. The van der Waals surface area contributed by atoms with Gasteiger partial charge in [0, 0.05) is 17.7 Å². The molecule has 0 saturated heterocycles. The van der Waals surface area contributed by atoms with E-state index in [0.717, 1.165) is 4.90 Å². The molecule has 0 spiro atoms. The van der Waals surface area contributed by atoms with Crippen LogP contribution < -0.4 is 0 Å². The van der Waals surface area contributed by atoms with Gasteiger partial charge in [0.05, 0.1) is 46.2 Å². The Morgan fingerprint density at radius 1 is 0.917 bits per heavy atom. The molecular formula is C16H23NO7. The Labute approximate surface area is 141 Å². The fraction of sp³-hybridized carbons (Fsp3) is 0.562. The summed E-state index contributed by atoms with van der Waals surface area (Å²) >= 11 is 0.